The number of nitrogens with one attached hydrogen (secondary N) is 1. The predicted molar refractivity (Wildman–Crippen MR) is 139 cm³/mol. The number of hydrogen-bond acceptors (Lipinski definition) is 7. The van der Waals surface area contributed by atoms with Crippen molar-refractivity contribution in [1.82, 2.24) is 15.2 Å². The van der Waals surface area contributed by atoms with Crippen molar-refractivity contribution in [3.8, 4) is 11.5 Å². The van der Waals surface area contributed by atoms with E-state index in [0.717, 1.165) is 36.5 Å². The van der Waals surface area contributed by atoms with Crippen molar-refractivity contribution in [3.63, 3.8) is 0 Å². The summed E-state index contributed by atoms with van der Waals surface area (Å²) in [6.45, 7) is 5.25. The van der Waals surface area contributed by atoms with Crippen LogP contribution in [0.25, 0.3) is 0 Å². The van der Waals surface area contributed by atoms with E-state index < -0.39 is 6.10 Å². The van der Waals surface area contributed by atoms with Gasteiger partial charge < -0.3 is 30.4 Å². The van der Waals surface area contributed by atoms with Crippen LogP contribution < -0.4 is 10.2 Å². The van der Waals surface area contributed by atoms with E-state index >= 15 is 0 Å². The van der Waals surface area contributed by atoms with Crippen LogP contribution in [-0.2, 0) is 17.6 Å². The molecule has 0 radical (unpaired) electrons. The maximum absolute atomic E-state index is 12.9. The molecular formula is C28H34N4O4. The van der Waals surface area contributed by atoms with Crippen molar-refractivity contribution >= 4 is 11.7 Å². The minimum absolute atomic E-state index is 0.0798. The number of nitrogens with zero attached hydrogens (tertiary/aromatic N) is 3. The Hall–Kier alpha value is -3.62. The van der Waals surface area contributed by atoms with Gasteiger partial charge in [-0.25, -0.2) is 4.98 Å². The van der Waals surface area contributed by atoms with Crippen LogP contribution in [0.15, 0.2) is 66.9 Å². The first-order valence-electron chi connectivity index (χ1n) is 12.3. The number of rotatable bonds is 9. The van der Waals surface area contributed by atoms with Crippen LogP contribution in [0.4, 0.5) is 5.82 Å². The van der Waals surface area contributed by atoms with Crippen molar-refractivity contribution < 1.29 is 20.1 Å². The third-order valence-corrected chi connectivity index (χ3v) is 6.46. The van der Waals surface area contributed by atoms with Crippen LogP contribution in [0, 0.1) is 0 Å². The summed E-state index contributed by atoms with van der Waals surface area (Å²) >= 11 is 0. The molecule has 1 amide bonds. The fourth-order valence-electron chi connectivity index (χ4n) is 4.55. The normalized spacial score (nSPS) is 15.5. The largest absolute Gasteiger partial charge is 0.508 e. The van der Waals surface area contributed by atoms with Gasteiger partial charge in [-0.2, -0.15) is 0 Å². The molecular weight excluding hydrogens is 456 g/mol. The van der Waals surface area contributed by atoms with E-state index in [2.05, 4.69) is 21.3 Å². The van der Waals surface area contributed by atoms with Gasteiger partial charge in [0.25, 0.3) is 0 Å². The van der Waals surface area contributed by atoms with Crippen molar-refractivity contribution in [1.29, 1.82) is 0 Å². The van der Waals surface area contributed by atoms with Gasteiger partial charge in [-0.05, 0) is 54.3 Å². The first-order valence-corrected chi connectivity index (χ1v) is 12.3. The van der Waals surface area contributed by atoms with E-state index in [4.69, 9.17) is 0 Å². The SMILES string of the molecule is C[C@H](Cc1cccc(CC(=O)N2CCN(c3ccccn3)CC2)c1)NC[C@H](O)c1cc(O)cc(O)c1. The minimum Gasteiger partial charge on any atom is -0.508 e. The number of pyridine rings is 1. The summed E-state index contributed by atoms with van der Waals surface area (Å²) in [5.74, 6) is 0.918. The molecule has 4 rings (SSSR count). The molecule has 2 heterocycles. The van der Waals surface area contributed by atoms with E-state index in [0.29, 0.717) is 25.1 Å². The second kappa shape index (κ2) is 11.9. The molecule has 0 unspecified atom stereocenters. The van der Waals surface area contributed by atoms with Crippen LogP contribution >= 0.6 is 0 Å². The number of piperazine rings is 1. The zero-order valence-electron chi connectivity index (χ0n) is 20.5. The lowest BCUT2D eigenvalue weighted by molar-refractivity contribution is -0.130. The Morgan fingerprint density at radius 1 is 0.972 bits per heavy atom. The highest BCUT2D eigenvalue weighted by molar-refractivity contribution is 5.79. The van der Waals surface area contributed by atoms with Crippen LogP contribution in [-0.4, -0.2) is 69.9 Å². The molecule has 8 heteroatoms. The summed E-state index contributed by atoms with van der Waals surface area (Å²) in [5, 5.41) is 32.9. The average molecular weight is 491 g/mol. The van der Waals surface area contributed by atoms with Crippen LogP contribution in [0.1, 0.15) is 29.7 Å². The zero-order valence-corrected chi connectivity index (χ0v) is 20.5. The molecule has 0 saturated carbocycles. The van der Waals surface area contributed by atoms with Gasteiger partial charge in [0.1, 0.15) is 17.3 Å². The molecule has 0 bridgehead atoms. The second-order valence-electron chi connectivity index (χ2n) is 9.36. The molecule has 1 fully saturated rings. The number of aliphatic hydroxyl groups excluding tert-OH is 1. The molecule has 4 N–H and O–H groups in total. The smallest absolute Gasteiger partial charge is 0.227 e. The lowest BCUT2D eigenvalue weighted by atomic mass is 10.0. The molecule has 1 aliphatic rings. The van der Waals surface area contributed by atoms with Crippen LogP contribution in [0.5, 0.6) is 11.5 Å². The molecule has 36 heavy (non-hydrogen) atoms. The number of aromatic nitrogens is 1. The monoisotopic (exact) mass is 490 g/mol. The summed E-state index contributed by atoms with van der Waals surface area (Å²) < 4.78 is 0. The number of phenols is 2. The highest BCUT2D eigenvalue weighted by Gasteiger charge is 2.22. The van der Waals surface area contributed by atoms with Crippen LogP contribution in [0.3, 0.4) is 0 Å². The second-order valence-corrected chi connectivity index (χ2v) is 9.36. The van der Waals surface area contributed by atoms with Crippen molar-refractivity contribution in [2.75, 3.05) is 37.6 Å². The van der Waals surface area contributed by atoms with Gasteiger partial charge in [-0.15, -0.1) is 0 Å². The van der Waals surface area contributed by atoms with Crippen molar-refractivity contribution in [2.45, 2.75) is 31.9 Å². The Morgan fingerprint density at radius 3 is 2.39 bits per heavy atom. The fraction of sp³-hybridized carbons (Fsp3) is 0.357. The summed E-state index contributed by atoms with van der Waals surface area (Å²) in [4.78, 5) is 21.5. The molecule has 3 aromatic rings. The first kappa shape index (κ1) is 25.5. The highest BCUT2D eigenvalue weighted by Crippen LogP contribution is 2.24. The third kappa shape index (κ3) is 6.96. The molecule has 1 saturated heterocycles. The van der Waals surface area contributed by atoms with Gasteiger partial charge in [0.2, 0.25) is 5.91 Å². The lowest BCUT2D eigenvalue weighted by Crippen LogP contribution is -2.49. The summed E-state index contributed by atoms with van der Waals surface area (Å²) in [5.41, 5.74) is 2.56. The molecule has 2 aromatic carbocycles. The Labute approximate surface area is 211 Å². The predicted octanol–water partition coefficient (Wildman–Crippen LogP) is 2.64. The molecule has 1 aliphatic heterocycles. The molecule has 1 aromatic heterocycles. The average Bonchev–Trinajstić information content (AvgIpc) is 2.87. The number of benzene rings is 2. The Kier molecular flexibility index (Phi) is 8.40. The quantitative estimate of drug-likeness (QED) is 0.365. The topological polar surface area (TPSA) is 109 Å². The molecule has 0 spiro atoms. The van der Waals surface area contributed by atoms with Gasteiger partial charge in [0, 0.05) is 51.0 Å². The molecule has 2 atom stereocenters. The summed E-state index contributed by atoms with van der Waals surface area (Å²) in [7, 11) is 0. The number of aliphatic hydroxyl groups is 1. The number of anilines is 1. The van der Waals surface area contributed by atoms with E-state index in [1.807, 2.05) is 48.2 Å². The van der Waals surface area contributed by atoms with E-state index in [1.54, 1.807) is 6.20 Å². The number of carbonyl (C=O) groups is 1. The summed E-state index contributed by atoms with van der Waals surface area (Å²) in [6, 6.07) is 18.2. The van der Waals surface area contributed by atoms with E-state index in [1.165, 1.54) is 18.2 Å². The maximum Gasteiger partial charge on any atom is 0.227 e. The van der Waals surface area contributed by atoms with E-state index in [-0.39, 0.29) is 30.0 Å². The van der Waals surface area contributed by atoms with Gasteiger partial charge in [0.05, 0.1) is 12.5 Å². The molecule has 8 nitrogen and oxygen atoms in total. The van der Waals surface area contributed by atoms with E-state index in [9.17, 15) is 20.1 Å². The molecule has 190 valence electrons. The number of aromatic hydroxyl groups is 2. The summed E-state index contributed by atoms with van der Waals surface area (Å²) in [6.07, 6.45) is 2.05. The number of carbonyl (C=O) groups excluding carboxylic acids is 1. The fourth-order valence-corrected chi connectivity index (χ4v) is 4.55. The number of hydrogen-bond donors (Lipinski definition) is 4. The Bertz CT molecular complexity index is 1130. The van der Waals surface area contributed by atoms with Gasteiger partial charge in [-0.3, -0.25) is 4.79 Å². The van der Waals surface area contributed by atoms with Crippen LogP contribution in [0.2, 0.25) is 0 Å². The third-order valence-electron chi connectivity index (χ3n) is 6.46. The standard InChI is InChI=1S/C28H34N4O4/c1-20(30-19-26(35)23-16-24(33)18-25(34)17-23)13-21-5-4-6-22(14-21)15-28(36)32-11-9-31(10-12-32)27-7-2-3-8-29-27/h2-8,14,16-18,20,26,30,33-35H,9-13,15,19H2,1H3/t20-,26+/m1/s1. The minimum atomic E-state index is -0.854. The Balaban J connectivity index is 1.25. The lowest BCUT2D eigenvalue weighted by Gasteiger charge is -2.35. The van der Waals surface area contributed by atoms with Gasteiger partial charge in [-0.1, -0.05) is 30.3 Å². The molecule has 0 aliphatic carbocycles. The maximum atomic E-state index is 12.9. The number of amides is 1. The van der Waals surface area contributed by atoms with Crippen molar-refractivity contribution in [2.24, 2.45) is 0 Å². The zero-order chi connectivity index (χ0) is 25.5. The first-order chi connectivity index (χ1) is 17.4. The highest BCUT2D eigenvalue weighted by atomic mass is 16.3. The van der Waals surface area contributed by atoms with Gasteiger partial charge in [0.15, 0.2) is 0 Å². The van der Waals surface area contributed by atoms with Gasteiger partial charge >= 0.3 is 0 Å². The van der Waals surface area contributed by atoms with Crippen molar-refractivity contribution in [3.05, 3.63) is 83.6 Å². The number of phenolic OH excluding ortho intramolecular Hbond substituents is 2. The Morgan fingerprint density at radius 2 is 1.69 bits per heavy atom.